The highest BCUT2D eigenvalue weighted by Crippen LogP contribution is 2.40. The minimum absolute atomic E-state index is 0.0425. The molecule has 0 amide bonds. The maximum absolute atomic E-state index is 13.2. The van der Waals surface area contributed by atoms with Gasteiger partial charge in [0.05, 0.1) is 23.5 Å². The zero-order valence-electron chi connectivity index (χ0n) is 24.2. The van der Waals surface area contributed by atoms with Crippen LogP contribution in [0, 0.1) is 6.92 Å². The number of nitrogens with zero attached hydrogens (tertiary/aromatic N) is 7. The van der Waals surface area contributed by atoms with Crippen LogP contribution in [0.3, 0.4) is 0 Å². The molecular formula is C31H31F2N7O3S. The largest absolute Gasteiger partial charge is 0.490 e. The highest BCUT2D eigenvalue weighted by molar-refractivity contribution is 7.17. The van der Waals surface area contributed by atoms with Crippen molar-refractivity contribution in [2.45, 2.75) is 69.8 Å². The molecule has 1 aliphatic heterocycles. The van der Waals surface area contributed by atoms with E-state index in [0.717, 1.165) is 24.4 Å². The number of hydrogen-bond acceptors (Lipinski definition) is 11. The first-order valence-corrected chi connectivity index (χ1v) is 15.4. The maximum atomic E-state index is 13.2. The number of rotatable bonds is 12. The molecule has 1 saturated carbocycles. The number of aromatic nitrogens is 6. The van der Waals surface area contributed by atoms with Gasteiger partial charge in [0, 0.05) is 74.4 Å². The van der Waals surface area contributed by atoms with Crippen LogP contribution in [0.5, 0.6) is 5.75 Å². The Bertz CT molecular complexity index is 1630. The van der Waals surface area contributed by atoms with Crippen molar-refractivity contribution in [3.05, 3.63) is 82.1 Å². The van der Waals surface area contributed by atoms with E-state index >= 15 is 0 Å². The van der Waals surface area contributed by atoms with Gasteiger partial charge in [-0.3, -0.25) is 19.6 Å². The third-order valence-electron chi connectivity index (χ3n) is 7.70. The number of halogens is 2. The van der Waals surface area contributed by atoms with Gasteiger partial charge in [0.2, 0.25) is 5.13 Å². The highest BCUT2D eigenvalue weighted by Gasteiger charge is 2.47. The average Bonchev–Trinajstić information content (AvgIpc) is 3.66. The van der Waals surface area contributed by atoms with Crippen molar-refractivity contribution in [1.29, 1.82) is 0 Å². The van der Waals surface area contributed by atoms with Crippen LogP contribution in [0.2, 0.25) is 0 Å². The zero-order valence-corrected chi connectivity index (χ0v) is 25.0. The number of ether oxygens (including phenoxy) is 1. The molecule has 0 spiro atoms. The molecule has 1 unspecified atom stereocenters. The number of carbonyl (C=O) groups is 2. The van der Waals surface area contributed by atoms with E-state index < -0.39 is 12.0 Å². The smallest absolute Gasteiger partial charge is 0.255 e. The number of pyridine rings is 2. The Kier molecular flexibility index (Phi) is 8.65. The Labute approximate surface area is 256 Å². The standard InChI is InChI=1S/C31H31F2N7O3S/c1-19-12-25(43-26-16-31(32,33)17-26)15-23(35-19)14-24(41)13-22-5-7-27(37-36-22)20-9-11-40(18-20)30-39-38-29(44-30)28(42)8-6-21-4-2-3-10-34-21/h2-5,7,10,12,15,20,26H,6,8-9,11,13-14,16-18H2,1H3. The maximum Gasteiger partial charge on any atom is 0.255 e. The Morgan fingerprint density at radius 3 is 2.61 bits per heavy atom. The Morgan fingerprint density at radius 2 is 1.86 bits per heavy atom. The van der Waals surface area contributed by atoms with Gasteiger partial charge in [-0.15, -0.1) is 10.2 Å². The molecule has 10 nitrogen and oxygen atoms in total. The molecule has 0 aromatic carbocycles. The van der Waals surface area contributed by atoms with Gasteiger partial charge in [-0.1, -0.05) is 17.4 Å². The predicted molar refractivity (Wildman–Crippen MR) is 158 cm³/mol. The highest BCUT2D eigenvalue weighted by atomic mass is 32.1. The molecule has 2 fully saturated rings. The van der Waals surface area contributed by atoms with Crippen LogP contribution >= 0.6 is 11.3 Å². The molecule has 0 radical (unpaired) electrons. The minimum Gasteiger partial charge on any atom is -0.490 e. The first-order chi connectivity index (χ1) is 21.2. The van der Waals surface area contributed by atoms with Crippen molar-refractivity contribution in [2.75, 3.05) is 18.0 Å². The van der Waals surface area contributed by atoms with E-state index in [1.807, 2.05) is 30.3 Å². The summed E-state index contributed by atoms with van der Waals surface area (Å²) in [5, 5.41) is 18.2. The molecule has 0 bridgehead atoms. The van der Waals surface area contributed by atoms with E-state index in [1.54, 1.807) is 25.3 Å². The lowest BCUT2D eigenvalue weighted by Crippen LogP contribution is -2.43. The molecule has 5 heterocycles. The Balaban J connectivity index is 0.987. The Morgan fingerprint density at radius 1 is 1.02 bits per heavy atom. The molecule has 0 N–H and O–H groups in total. The third kappa shape index (κ3) is 7.44. The fourth-order valence-electron chi connectivity index (χ4n) is 5.42. The lowest BCUT2D eigenvalue weighted by atomic mass is 9.91. The van der Waals surface area contributed by atoms with Gasteiger partial charge >= 0.3 is 0 Å². The molecule has 13 heteroatoms. The molecule has 1 saturated heterocycles. The van der Waals surface area contributed by atoms with E-state index in [9.17, 15) is 18.4 Å². The number of carbonyl (C=O) groups excluding carboxylic acids is 2. The van der Waals surface area contributed by atoms with E-state index in [-0.39, 0.29) is 43.2 Å². The van der Waals surface area contributed by atoms with Crippen LogP contribution in [0.4, 0.5) is 13.9 Å². The van der Waals surface area contributed by atoms with Crippen LogP contribution < -0.4 is 9.64 Å². The summed E-state index contributed by atoms with van der Waals surface area (Å²) >= 11 is 1.31. The number of alkyl halides is 2. The summed E-state index contributed by atoms with van der Waals surface area (Å²) in [5.74, 6) is -2.19. The lowest BCUT2D eigenvalue weighted by Gasteiger charge is -2.34. The fraction of sp³-hybridized carbons (Fsp3) is 0.419. The number of hydrogen-bond donors (Lipinski definition) is 0. The fourth-order valence-corrected chi connectivity index (χ4v) is 6.27. The molecule has 4 aromatic heterocycles. The summed E-state index contributed by atoms with van der Waals surface area (Å²) in [6, 6.07) is 12.7. The molecule has 44 heavy (non-hydrogen) atoms. The summed E-state index contributed by atoms with van der Waals surface area (Å²) in [5.41, 5.74) is 3.45. The van der Waals surface area contributed by atoms with Gasteiger partial charge in [0.15, 0.2) is 10.8 Å². The average molecular weight is 620 g/mol. The van der Waals surface area contributed by atoms with Crippen molar-refractivity contribution < 1.29 is 23.1 Å². The van der Waals surface area contributed by atoms with Crippen molar-refractivity contribution in [3.8, 4) is 5.75 Å². The monoisotopic (exact) mass is 619 g/mol. The summed E-state index contributed by atoms with van der Waals surface area (Å²) in [6.07, 6.45) is 2.53. The molecule has 6 rings (SSSR count). The SMILES string of the molecule is Cc1cc(OC2CC(F)(F)C2)cc(CC(=O)Cc2ccc(C3CCN(c4nnc(C(=O)CCc5ccccn5)s4)C3)nn2)n1. The van der Waals surface area contributed by atoms with Crippen molar-refractivity contribution in [1.82, 2.24) is 30.4 Å². The van der Waals surface area contributed by atoms with Crippen LogP contribution in [0.25, 0.3) is 0 Å². The quantitative estimate of drug-likeness (QED) is 0.205. The van der Waals surface area contributed by atoms with Gasteiger partial charge in [0.25, 0.3) is 5.92 Å². The summed E-state index contributed by atoms with van der Waals surface area (Å²) in [7, 11) is 0. The first-order valence-electron chi connectivity index (χ1n) is 14.6. The van der Waals surface area contributed by atoms with E-state index in [0.29, 0.717) is 52.4 Å². The van der Waals surface area contributed by atoms with Gasteiger partial charge in [-0.25, -0.2) is 8.78 Å². The Hall–Kier alpha value is -4.26. The lowest BCUT2D eigenvalue weighted by molar-refractivity contribution is -0.134. The normalized spacial score (nSPS) is 17.8. The summed E-state index contributed by atoms with van der Waals surface area (Å²) in [6.45, 7) is 3.23. The zero-order chi connectivity index (χ0) is 30.7. The van der Waals surface area contributed by atoms with Crippen molar-refractivity contribution in [3.63, 3.8) is 0 Å². The molecule has 228 valence electrons. The molecular weight excluding hydrogens is 588 g/mol. The predicted octanol–water partition coefficient (Wildman–Crippen LogP) is 4.77. The minimum atomic E-state index is -2.66. The van der Waals surface area contributed by atoms with Crippen LogP contribution in [0.1, 0.15) is 69.9 Å². The molecule has 1 aliphatic carbocycles. The van der Waals surface area contributed by atoms with Gasteiger partial charge < -0.3 is 9.64 Å². The van der Waals surface area contributed by atoms with Gasteiger partial charge in [-0.05, 0) is 44.0 Å². The summed E-state index contributed by atoms with van der Waals surface area (Å²) in [4.78, 5) is 36.2. The molecule has 1 atom stereocenters. The van der Waals surface area contributed by atoms with Gasteiger partial charge in [0.1, 0.15) is 17.6 Å². The first kappa shape index (κ1) is 29.8. The van der Waals surface area contributed by atoms with E-state index in [4.69, 9.17) is 4.74 Å². The number of ketones is 2. The van der Waals surface area contributed by atoms with E-state index in [2.05, 4.69) is 35.3 Å². The summed E-state index contributed by atoms with van der Waals surface area (Å²) < 4.78 is 32.0. The second-order valence-corrected chi connectivity index (χ2v) is 12.3. The second-order valence-electron chi connectivity index (χ2n) is 11.3. The molecule has 2 aliphatic rings. The van der Waals surface area contributed by atoms with Crippen LogP contribution in [0.15, 0.2) is 48.7 Å². The third-order valence-corrected chi connectivity index (χ3v) is 8.72. The number of aryl methyl sites for hydroxylation is 2. The second kappa shape index (κ2) is 12.8. The van der Waals surface area contributed by atoms with E-state index in [1.165, 1.54) is 11.3 Å². The number of Topliss-reactive ketones (excluding diaryl/α,β-unsaturated/α-hetero) is 2. The topological polar surface area (TPSA) is 124 Å². The molecule has 4 aromatic rings. The van der Waals surface area contributed by atoms with Crippen LogP contribution in [-0.4, -0.2) is 67.0 Å². The van der Waals surface area contributed by atoms with Crippen molar-refractivity contribution >= 4 is 28.0 Å². The van der Waals surface area contributed by atoms with Gasteiger partial charge in [-0.2, -0.15) is 10.2 Å². The van der Waals surface area contributed by atoms with Crippen molar-refractivity contribution in [2.24, 2.45) is 0 Å². The van der Waals surface area contributed by atoms with Crippen LogP contribution in [-0.2, 0) is 24.1 Å². The number of anilines is 1.